The second kappa shape index (κ2) is 14.9. The Balaban J connectivity index is 1.17. The van der Waals surface area contributed by atoms with E-state index in [1.165, 1.54) is 156 Å². The van der Waals surface area contributed by atoms with Crippen LogP contribution >= 0.6 is 0 Å². The summed E-state index contributed by atoms with van der Waals surface area (Å²) in [5.41, 5.74) is 27.0. The van der Waals surface area contributed by atoms with Crippen molar-refractivity contribution in [3.63, 3.8) is 0 Å². The van der Waals surface area contributed by atoms with Crippen LogP contribution in [0.3, 0.4) is 0 Å². The number of nitrogens with zero attached hydrogens (tertiary/aromatic N) is 3. The first-order valence-electron chi connectivity index (χ1n) is 29.3. The molecule has 3 aliphatic carbocycles. The molecule has 1 saturated carbocycles. The molecule has 8 aromatic rings. The minimum Gasteiger partial charge on any atom is -0.439 e. The van der Waals surface area contributed by atoms with Gasteiger partial charge >= 0.3 is 0 Å². The van der Waals surface area contributed by atoms with E-state index in [2.05, 4.69) is 223 Å². The SMILES string of the molecule is Cc1cc2c(cc1N(c1cc3c4c(c1)-n1c5oc6ccccc6c5c5cc(C(C)(C)C)cc(c51)B4c1cc(C(C)(C)C)cc4c1N3C1(C)CCCCC41C)c1ccc3c(c1)C(C)(C)CCC3(C)C)C(C)(C)CCC2(C)C. The van der Waals surface area contributed by atoms with Crippen molar-refractivity contribution in [1.29, 1.82) is 0 Å². The molecule has 0 amide bonds. The number of para-hydroxylation sites is 1. The highest BCUT2D eigenvalue weighted by molar-refractivity contribution is 7.00. The molecule has 4 nitrogen and oxygen atoms in total. The highest BCUT2D eigenvalue weighted by atomic mass is 16.3. The molecule has 2 atom stereocenters. The molecule has 0 N–H and O–H groups in total. The molecule has 0 bridgehead atoms. The summed E-state index contributed by atoms with van der Waals surface area (Å²) in [6.07, 6.45) is 9.53. The van der Waals surface area contributed by atoms with Crippen molar-refractivity contribution >= 4 is 84.5 Å². The van der Waals surface area contributed by atoms with Crippen LogP contribution in [-0.2, 0) is 37.9 Å². The number of hydrogen-bond acceptors (Lipinski definition) is 3. The summed E-state index contributed by atoms with van der Waals surface area (Å²) < 4.78 is 9.91. The fourth-order valence-electron chi connectivity index (χ4n) is 16.4. The van der Waals surface area contributed by atoms with Gasteiger partial charge in [-0.15, -0.1) is 0 Å². The number of benzene rings is 6. The van der Waals surface area contributed by atoms with Crippen LogP contribution in [0.15, 0.2) is 95.4 Å². The fourth-order valence-corrected chi connectivity index (χ4v) is 16.4. The Morgan fingerprint density at radius 2 is 1.13 bits per heavy atom. The topological polar surface area (TPSA) is 24.6 Å². The lowest BCUT2D eigenvalue weighted by Gasteiger charge is -2.52. The van der Waals surface area contributed by atoms with Gasteiger partial charge in [-0.3, -0.25) is 4.57 Å². The third-order valence-electron chi connectivity index (χ3n) is 21.7. The first-order valence-corrected chi connectivity index (χ1v) is 29.3. The molecule has 6 aromatic carbocycles. The van der Waals surface area contributed by atoms with Crippen molar-refractivity contribution in [2.75, 3.05) is 9.80 Å². The van der Waals surface area contributed by atoms with E-state index < -0.39 is 0 Å². The molecule has 1 fully saturated rings. The molecule has 2 aromatic heterocycles. The molecule has 0 spiro atoms. The van der Waals surface area contributed by atoms with Crippen LogP contribution in [0.25, 0.3) is 38.7 Å². The van der Waals surface area contributed by atoms with E-state index in [0.717, 1.165) is 17.7 Å². The predicted molar refractivity (Wildman–Crippen MR) is 325 cm³/mol. The van der Waals surface area contributed by atoms with Crippen molar-refractivity contribution in [3.05, 3.63) is 136 Å². The number of fused-ring (bicyclic) bond motifs is 14. The van der Waals surface area contributed by atoms with Crippen LogP contribution in [0.4, 0.5) is 28.4 Å². The van der Waals surface area contributed by atoms with Gasteiger partial charge in [0.05, 0.1) is 22.1 Å². The normalized spacial score (nSPS) is 23.1. The number of aryl methyl sites for hydroxylation is 1. The van der Waals surface area contributed by atoms with Gasteiger partial charge < -0.3 is 14.2 Å². The Kier molecular flexibility index (Phi) is 9.55. The van der Waals surface area contributed by atoms with Crippen LogP contribution in [0.5, 0.6) is 0 Å². The van der Waals surface area contributed by atoms with Crippen LogP contribution in [0.2, 0.25) is 0 Å². The molecule has 5 heteroatoms. The van der Waals surface area contributed by atoms with Gasteiger partial charge in [-0.2, -0.15) is 0 Å². The second-order valence-electron chi connectivity index (χ2n) is 30.3. The summed E-state index contributed by atoms with van der Waals surface area (Å²) in [6, 6.07) is 37.4. The zero-order chi connectivity index (χ0) is 53.6. The Morgan fingerprint density at radius 3 is 1.82 bits per heavy atom. The van der Waals surface area contributed by atoms with Crippen molar-refractivity contribution in [2.45, 2.75) is 213 Å². The highest BCUT2D eigenvalue weighted by Gasteiger charge is 2.62. The lowest BCUT2D eigenvalue weighted by molar-refractivity contribution is 0.195. The van der Waals surface area contributed by atoms with E-state index in [4.69, 9.17) is 4.42 Å². The predicted octanol–water partition coefficient (Wildman–Crippen LogP) is 17.5. The van der Waals surface area contributed by atoms with Gasteiger partial charge in [-0.05, 0) is 188 Å². The molecule has 0 radical (unpaired) electrons. The van der Waals surface area contributed by atoms with Crippen LogP contribution < -0.4 is 26.2 Å². The van der Waals surface area contributed by atoms with Crippen molar-refractivity contribution in [2.24, 2.45) is 0 Å². The van der Waals surface area contributed by atoms with E-state index in [9.17, 15) is 0 Å². The monoisotopic (exact) mass is 1000 g/mol. The van der Waals surface area contributed by atoms with Crippen LogP contribution in [0.1, 0.15) is 207 Å². The van der Waals surface area contributed by atoms with E-state index in [-0.39, 0.29) is 50.2 Å². The molecule has 6 aliphatic rings. The Hall–Kier alpha value is -5.68. The molecular weight excluding hydrogens is 922 g/mol. The van der Waals surface area contributed by atoms with Crippen molar-refractivity contribution < 1.29 is 4.42 Å². The summed E-state index contributed by atoms with van der Waals surface area (Å²) in [4.78, 5) is 5.66. The number of anilines is 5. The highest BCUT2D eigenvalue weighted by Crippen LogP contribution is 2.63. The first-order chi connectivity index (χ1) is 35.6. The molecule has 390 valence electrons. The van der Waals surface area contributed by atoms with Gasteiger partial charge in [0.2, 0.25) is 5.71 Å². The molecule has 5 heterocycles. The molecular formula is C71H82BN3O. The maximum Gasteiger partial charge on any atom is 0.252 e. The summed E-state index contributed by atoms with van der Waals surface area (Å²) in [5, 5.41) is 3.71. The van der Waals surface area contributed by atoms with E-state index in [0.29, 0.717) is 0 Å². The lowest BCUT2D eigenvalue weighted by atomic mass is 9.33. The summed E-state index contributed by atoms with van der Waals surface area (Å²) in [5.74, 6) is 0. The standard InChI is InChI=1S/C71H82BN3O/c1-41-32-49-51(69(14,15)31-30-67(49,10)11)40-55(41)73(44-24-25-48-50(37-44)68(12,13)29-28-66(48,8)9)45-38-56-60-57(39-45)75-62-52(70(16)26-20-21-27-71(70,75)17)34-43(65(5,6)7)36-54(62)72(60)53-35-42(64(2,3)4)33-47-59-46-22-18-19-23-58(46)76-63(59)74(56)61(47)53/h18-19,22-25,32-40H,20-21,26-31H2,1-17H3. The number of aromatic nitrogens is 1. The zero-order valence-electron chi connectivity index (χ0n) is 49.1. The van der Waals surface area contributed by atoms with Crippen LogP contribution in [0, 0.1) is 6.92 Å². The Labute approximate surface area is 454 Å². The van der Waals surface area contributed by atoms with Gasteiger partial charge in [-0.1, -0.05) is 165 Å². The number of hydrogen-bond donors (Lipinski definition) is 0. The molecule has 2 unspecified atom stereocenters. The van der Waals surface area contributed by atoms with Crippen molar-refractivity contribution in [3.8, 4) is 5.69 Å². The Morgan fingerprint density at radius 1 is 0.539 bits per heavy atom. The maximum absolute atomic E-state index is 7.31. The second-order valence-corrected chi connectivity index (χ2v) is 30.3. The van der Waals surface area contributed by atoms with Crippen LogP contribution in [-0.4, -0.2) is 16.8 Å². The average molecular weight is 1000 g/mol. The third kappa shape index (κ3) is 6.27. The summed E-state index contributed by atoms with van der Waals surface area (Å²) in [7, 11) is 0. The molecule has 0 saturated heterocycles. The Bertz CT molecular complexity index is 3880. The zero-order valence-corrected chi connectivity index (χ0v) is 49.1. The molecule has 3 aliphatic heterocycles. The van der Waals surface area contributed by atoms with Gasteiger partial charge in [-0.25, -0.2) is 0 Å². The molecule has 76 heavy (non-hydrogen) atoms. The van der Waals surface area contributed by atoms with Gasteiger partial charge in [0.1, 0.15) is 5.58 Å². The van der Waals surface area contributed by atoms with Gasteiger partial charge in [0.15, 0.2) is 0 Å². The average Bonchev–Trinajstić information content (AvgIpc) is 4.16. The van der Waals surface area contributed by atoms with E-state index in [1.807, 2.05) is 0 Å². The fraction of sp³-hybridized carbons (Fsp3) is 0.465. The third-order valence-corrected chi connectivity index (χ3v) is 21.7. The maximum atomic E-state index is 7.31. The summed E-state index contributed by atoms with van der Waals surface area (Å²) in [6.45, 7) is 42.0. The van der Waals surface area contributed by atoms with E-state index >= 15 is 0 Å². The lowest BCUT2D eigenvalue weighted by Crippen LogP contribution is -2.64. The molecule has 14 rings (SSSR count). The van der Waals surface area contributed by atoms with E-state index in [1.54, 1.807) is 5.56 Å². The minimum absolute atomic E-state index is 0.0232. The van der Waals surface area contributed by atoms with Gasteiger partial charge in [0, 0.05) is 44.6 Å². The minimum atomic E-state index is -0.145. The summed E-state index contributed by atoms with van der Waals surface area (Å²) >= 11 is 0. The number of furan rings is 1. The van der Waals surface area contributed by atoms with Gasteiger partial charge in [0.25, 0.3) is 6.71 Å². The number of rotatable bonds is 3. The van der Waals surface area contributed by atoms with Crippen molar-refractivity contribution in [1.82, 2.24) is 4.57 Å². The quantitative estimate of drug-likeness (QED) is 0.165. The largest absolute Gasteiger partial charge is 0.439 e. The first kappa shape index (κ1) is 48.7. The smallest absolute Gasteiger partial charge is 0.252 e.